The van der Waals surface area contributed by atoms with Crippen molar-refractivity contribution in [1.82, 2.24) is 19.9 Å². The molecule has 0 aliphatic heterocycles. The fourth-order valence-corrected chi connectivity index (χ4v) is 2.55. The maximum absolute atomic E-state index is 12.3. The minimum atomic E-state index is -0.632. The number of ether oxygens (including phenoxy) is 2. The maximum atomic E-state index is 12.3. The summed E-state index contributed by atoms with van der Waals surface area (Å²) in [5.74, 6) is -0.294. The highest BCUT2D eigenvalue weighted by Crippen LogP contribution is 2.14. The van der Waals surface area contributed by atoms with Crippen molar-refractivity contribution >= 4 is 17.5 Å². The van der Waals surface area contributed by atoms with Crippen LogP contribution < -0.4 is 10.1 Å². The average molecular weight is 368 g/mol. The molecule has 0 bridgehead atoms. The Hall–Kier alpha value is -3.42. The molecule has 3 rings (SSSR count). The lowest BCUT2D eigenvalue weighted by molar-refractivity contribution is -0.124. The van der Waals surface area contributed by atoms with Crippen LogP contribution in [0.3, 0.4) is 0 Å². The number of amides is 1. The topological polar surface area (TPSA) is 94.8 Å². The number of aromatic nitrogens is 3. The summed E-state index contributed by atoms with van der Waals surface area (Å²) in [7, 11) is 0. The number of carbonyl (C=O) groups is 2. The van der Waals surface area contributed by atoms with E-state index in [9.17, 15) is 9.59 Å². The first-order valence-electron chi connectivity index (χ1n) is 8.48. The molecule has 0 unspecified atom stereocenters. The molecule has 1 N–H and O–H groups in total. The van der Waals surface area contributed by atoms with E-state index in [1.807, 2.05) is 31.2 Å². The molecular weight excluding hydrogens is 348 g/mol. The van der Waals surface area contributed by atoms with Crippen molar-refractivity contribution in [2.75, 3.05) is 19.8 Å². The number of aryl methyl sites for hydroxylation is 2. The van der Waals surface area contributed by atoms with Crippen molar-refractivity contribution in [2.45, 2.75) is 13.8 Å². The summed E-state index contributed by atoms with van der Waals surface area (Å²) in [6.45, 7) is 3.91. The van der Waals surface area contributed by atoms with Crippen LogP contribution in [0, 0.1) is 13.8 Å². The number of nitrogens with one attached hydrogen (secondary N) is 1. The molecule has 0 saturated heterocycles. The SMILES string of the molecule is Cc1cccc(OCCNC(=O)COC(=O)c2c(C)nn3cccnc23)c1. The van der Waals surface area contributed by atoms with E-state index in [0.29, 0.717) is 24.5 Å². The predicted molar refractivity (Wildman–Crippen MR) is 97.7 cm³/mol. The average Bonchev–Trinajstić information content (AvgIpc) is 2.99. The lowest BCUT2D eigenvalue weighted by Gasteiger charge is -2.08. The van der Waals surface area contributed by atoms with Crippen molar-refractivity contribution in [2.24, 2.45) is 0 Å². The van der Waals surface area contributed by atoms with Gasteiger partial charge in [-0.3, -0.25) is 4.79 Å². The second-order valence-corrected chi connectivity index (χ2v) is 5.94. The molecule has 0 aliphatic rings. The Labute approximate surface area is 156 Å². The second kappa shape index (κ2) is 8.31. The van der Waals surface area contributed by atoms with Gasteiger partial charge in [0.05, 0.1) is 12.2 Å². The standard InChI is InChI=1S/C19H20N4O4/c1-13-5-3-6-15(11-13)26-10-8-20-16(24)12-27-19(25)17-14(2)22-23-9-4-7-21-18(17)23/h3-7,9,11H,8,10,12H2,1-2H3,(H,20,24). The van der Waals surface area contributed by atoms with Crippen molar-refractivity contribution in [3.63, 3.8) is 0 Å². The summed E-state index contributed by atoms with van der Waals surface area (Å²) >= 11 is 0. The molecule has 2 aromatic heterocycles. The molecule has 0 saturated carbocycles. The first-order chi connectivity index (χ1) is 13.0. The molecule has 0 spiro atoms. The highest BCUT2D eigenvalue weighted by molar-refractivity contribution is 5.98. The number of carbonyl (C=O) groups excluding carboxylic acids is 2. The fourth-order valence-electron chi connectivity index (χ4n) is 2.55. The Morgan fingerprint density at radius 1 is 1.22 bits per heavy atom. The summed E-state index contributed by atoms with van der Waals surface area (Å²) in [6, 6.07) is 9.35. The quantitative estimate of drug-likeness (QED) is 0.504. The van der Waals surface area contributed by atoms with E-state index >= 15 is 0 Å². The highest BCUT2D eigenvalue weighted by Gasteiger charge is 2.20. The minimum Gasteiger partial charge on any atom is -0.492 e. The molecule has 8 heteroatoms. The van der Waals surface area contributed by atoms with Gasteiger partial charge in [0, 0.05) is 12.4 Å². The number of esters is 1. The summed E-state index contributed by atoms with van der Waals surface area (Å²) < 4.78 is 12.1. The summed E-state index contributed by atoms with van der Waals surface area (Å²) in [4.78, 5) is 28.3. The third kappa shape index (κ3) is 4.60. The zero-order chi connectivity index (χ0) is 19.2. The molecule has 0 atom stereocenters. The zero-order valence-corrected chi connectivity index (χ0v) is 15.1. The zero-order valence-electron chi connectivity index (χ0n) is 15.1. The summed E-state index contributed by atoms with van der Waals surface area (Å²) in [6.07, 6.45) is 3.25. The lowest BCUT2D eigenvalue weighted by atomic mass is 10.2. The number of rotatable bonds is 7. The van der Waals surface area contributed by atoms with E-state index in [4.69, 9.17) is 9.47 Å². The minimum absolute atomic E-state index is 0.256. The van der Waals surface area contributed by atoms with Gasteiger partial charge in [-0.1, -0.05) is 12.1 Å². The smallest absolute Gasteiger partial charge is 0.344 e. The van der Waals surface area contributed by atoms with E-state index in [0.717, 1.165) is 11.3 Å². The number of hydrogen-bond acceptors (Lipinski definition) is 6. The molecule has 8 nitrogen and oxygen atoms in total. The summed E-state index contributed by atoms with van der Waals surface area (Å²) in [5.41, 5.74) is 2.24. The third-order valence-electron chi connectivity index (χ3n) is 3.79. The van der Waals surface area contributed by atoms with Gasteiger partial charge in [0.2, 0.25) is 0 Å². The van der Waals surface area contributed by atoms with Crippen LogP contribution in [-0.4, -0.2) is 46.2 Å². The van der Waals surface area contributed by atoms with Crippen LogP contribution in [-0.2, 0) is 9.53 Å². The van der Waals surface area contributed by atoms with Gasteiger partial charge in [-0.25, -0.2) is 14.3 Å². The van der Waals surface area contributed by atoms with Crippen LogP contribution >= 0.6 is 0 Å². The van der Waals surface area contributed by atoms with Gasteiger partial charge in [0.25, 0.3) is 5.91 Å². The van der Waals surface area contributed by atoms with Gasteiger partial charge in [0.15, 0.2) is 12.3 Å². The molecule has 1 aromatic carbocycles. The molecule has 3 aromatic rings. The van der Waals surface area contributed by atoms with Crippen LogP contribution in [0.15, 0.2) is 42.7 Å². The molecule has 0 aliphatic carbocycles. The Morgan fingerprint density at radius 3 is 2.89 bits per heavy atom. The molecule has 1 amide bonds. The van der Waals surface area contributed by atoms with E-state index in [-0.39, 0.29) is 12.2 Å². The number of nitrogens with zero attached hydrogens (tertiary/aromatic N) is 3. The van der Waals surface area contributed by atoms with E-state index in [1.165, 1.54) is 4.52 Å². The number of benzene rings is 1. The van der Waals surface area contributed by atoms with Crippen molar-refractivity contribution < 1.29 is 19.1 Å². The fraction of sp³-hybridized carbons (Fsp3) is 0.263. The van der Waals surface area contributed by atoms with Gasteiger partial charge in [0.1, 0.15) is 17.9 Å². The first kappa shape index (κ1) is 18.4. The highest BCUT2D eigenvalue weighted by atomic mass is 16.5. The van der Waals surface area contributed by atoms with Gasteiger partial charge >= 0.3 is 5.97 Å². The summed E-state index contributed by atoms with van der Waals surface area (Å²) in [5, 5.41) is 6.84. The van der Waals surface area contributed by atoms with Crippen molar-refractivity contribution in [3.8, 4) is 5.75 Å². The molecular formula is C19H20N4O4. The largest absolute Gasteiger partial charge is 0.492 e. The third-order valence-corrected chi connectivity index (χ3v) is 3.79. The van der Waals surface area contributed by atoms with Crippen LogP contribution in [0.5, 0.6) is 5.75 Å². The Morgan fingerprint density at radius 2 is 2.07 bits per heavy atom. The molecule has 140 valence electrons. The van der Waals surface area contributed by atoms with Gasteiger partial charge in [-0.15, -0.1) is 0 Å². The Kier molecular flexibility index (Phi) is 5.65. The van der Waals surface area contributed by atoms with Crippen LogP contribution in [0.4, 0.5) is 0 Å². The predicted octanol–water partition coefficient (Wildman–Crippen LogP) is 1.70. The van der Waals surface area contributed by atoms with Gasteiger partial charge in [-0.2, -0.15) is 5.10 Å². The van der Waals surface area contributed by atoms with E-state index < -0.39 is 11.9 Å². The van der Waals surface area contributed by atoms with E-state index in [1.54, 1.807) is 25.4 Å². The van der Waals surface area contributed by atoms with Gasteiger partial charge in [-0.05, 0) is 37.6 Å². The van der Waals surface area contributed by atoms with Crippen LogP contribution in [0.2, 0.25) is 0 Å². The van der Waals surface area contributed by atoms with Crippen molar-refractivity contribution in [3.05, 3.63) is 59.5 Å². The number of fused-ring (bicyclic) bond motifs is 1. The van der Waals surface area contributed by atoms with Crippen LogP contribution in [0.1, 0.15) is 21.6 Å². The molecule has 2 heterocycles. The number of hydrogen-bond donors (Lipinski definition) is 1. The monoisotopic (exact) mass is 368 g/mol. The normalized spacial score (nSPS) is 10.6. The van der Waals surface area contributed by atoms with Crippen LogP contribution in [0.25, 0.3) is 5.65 Å². The Balaban J connectivity index is 1.44. The molecule has 27 heavy (non-hydrogen) atoms. The van der Waals surface area contributed by atoms with Gasteiger partial charge < -0.3 is 14.8 Å². The van der Waals surface area contributed by atoms with Crippen molar-refractivity contribution in [1.29, 1.82) is 0 Å². The lowest BCUT2D eigenvalue weighted by Crippen LogP contribution is -2.32. The Bertz CT molecular complexity index is 967. The second-order valence-electron chi connectivity index (χ2n) is 5.94. The molecule has 0 fully saturated rings. The molecule has 0 radical (unpaired) electrons. The first-order valence-corrected chi connectivity index (χ1v) is 8.48. The van der Waals surface area contributed by atoms with E-state index in [2.05, 4.69) is 15.4 Å². The maximum Gasteiger partial charge on any atom is 0.344 e.